The summed E-state index contributed by atoms with van der Waals surface area (Å²) in [6, 6.07) is 20.7. The zero-order valence-corrected chi connectivity index (χ0v) is 16.7. The number of esters is 1. The van der Waals surface area contributed by atoms with E-state index >= 15 is 0 Å². The highest BCUT2D eigenvalue weighted by atomic mass is 16.5. The molecule has 1 N–H and O–H groups in total. The number of rotatable bonds is 5. The van der Waals surface area contributed by atoms with Crippen LogP contribution in [0.15, 0.2) is 66.7 Å². The molecule has 0 bridgehead atoms. The number of carbonyl (C=O) groups is 2. The third kappa shape index (κ3) is 5.45. The molecule has 3 aromatic carbocycles. The fourth-order valence-electron chi connectivity index (χ4n) is 3.25. The number of hydrogen-bond donors (Lipinski definition) is 1. The van der Waals surface area contributed by atoms with Crippen molar-refractivity contribution in [2.24, 2.45) is 0 Å². The average molecular weight is 389 g/mol. The van der Waals surface area contributed by atoms with Crippen LogP contribution in [0.4, 0.5) is 10.5 Å². The topological polar surface area (TPSA) is 64.6 Å². The number of amides is 1. The molecular formula is C24H23NO4. The van der Waals surface area contributed by atoms with E-state index in [-0.39, 0.29) is 12.6 Å². The lowest BCUT2D eigenvalue weighted by atomic mass is 9.95. The lowest BCUT2D eigenvalue weighted by Gasteiger charge is -2.14. The van der Waals surface area contributed by atoms with Crippen LogP contribution in [-0.4, -0.2) is 12.1 Å². The summed E-state index contributed by atoms with van der Waals surface area (Å²) in [6.45, 7) is 5.54. The second kappa shape index (κ2) is 9.06. The molecule has 0 heterocycles. The van der Waals surface area contributed by atoms with E-state index in [4.69, 9.17) is 9.47 Å². The van der Waals surface area contributed by atoms with Gasteiger partial charge >= 0.3 is 12.1 Å². The molecule has 3 rings (SSSR count). The van der Waals surface area contributed by atoms with Gasteiger partial charge in [-0.05, 0) is 65.9 Å². The predicted octanol–water partition coefficient (Wildman–Crippen LogP) is 5.64. The minimum atomic E-state index is -0.503. The molecule has 0 fully saturated rings. The molecule has 0 spiro atoms. The molecule has 0 atom stereocenters. The number of aryl methyl sites for hydroxylation is 2. The molecule has 29 heavy (non-hydrogen) atoms. The van der Waals surface area contributed by atoms with E-state index in [9.17, 15) is 9.59 Å². The molecule has 0 aliphatic rings. The summed E-state index contributed by atoms with van der Waals surface area (Å²) in [7, 11) is 0. The van der Waals surface area contributed by atoms with Crippen molar-refractivity contribution in [1.82, 2.24) is 0 Å². The van der Waals surface area contributed by atoms with Crippen LogP contribution in [0.25, 0.3) is 11.1 Å². The van der Waals surface area contributed by atoms with E-state index in [1.807, 2.05) is 74.5 Å². The molecule has 5 heteroatoms. The number of benzene rings is 3. The Balaban J connectivity index is 1.74. The first kappa shape index (κ1) is 20.1. The van der Waals surface area contributed by atoms with E-state index in [0.29, 0.717) is 11.4 Å². The Kier molecular flexibility index (Phi) is 6.29. The Hall–Kier alpha value is -3.60. The second-order valence-corrected chi connectivity index (χ2v) is 6.79. The molecule has 0 aliphatic carbocycles. The molecule has 5 nitrogen and oxygen atoms in total. The van der Waals surface area contributed by atoms with Gasteiger partial charge in [0.2, 0.25) is 0 Å². The molecule has 0 saturated heterocycles. The van der Waals surface area contributed by atoms with Gasteiger partial charge in [-0.25, -0.2) is 4.79 Å². The second-order valence-electron chi connectivity index (χ2n) is 6.79. The van der Waals surface area contributed by atoms with Crippen LogP contribution in [0.3, 0.4) is 0 Å². The Morgan fingerprint density at radius 2 is 1.59 bits per heavy atom. The molecule has 148 valence electrons. The van der Waals surface area contributed by atoms with Crippen molar-refractivity contribution in [2.75, 3.05) is 5.32 Å². The van der Waals surface area contributed by atoms with Crippen LogP contribution in [0.5, 0.6) is 5.75 Å². The van der Waals surface area contributed by atoms with Gasteiger partial charge in [-0.3, -0.25) is 10.1 Å². The van der Waals surface area contributed by atoms with Crippen LogP contribution in [0.2, 0.25) is 0 Å². The third-order valence-electron chi connectivity index (χ3n) is 4.38. The van der Waals surface area contributed by atoms with Crippen molar-refractivity contribution in [3.63, 3.8) is 0 Å². The highest BCUT2D eigenvalue weighted by Crippen LogP contribution is 2.32. The Morgan fingerprint density at radius 1 is 0.897 bits per heavy atom. The van der Waals surface area contributed by atoms with Gasteiger partial charge in [0.1, 0.15) is 12.4 Å². The van der Waals surface area contributed by atoms with E-state index in [2.05, 4.69) is 5.32 Å². The van der Waals surface area contributed by atoms with Crippen LogP contribution < -0.4 is 10.1 Å². The fraction of sp³-hybridized carbons (Fsp3) is 0.167. The number of carbonyl (C=O) groups excluding carboxylic acids is 2. The summed E-state index contributed by atoms with van der Waals surface area (Å²) >= 11 is 0. The summed E-state index contributed by atoms with van der Waals surface area (Å²) in [5.74, 6) is 0.143. The normalized spacial score (nSPS) is 10.3. The standard InChI is InChI=1S/C24H23NO4/c1-16-12-21(25-24(27)28-15-19-8-5-4-6-9-19)13-17(2)23(16)20-10-7-11-22(14-20)29-18(3)26/h4-14H,15H2,1-3H3,(H,25,27). The van der Waals surface area contributed by atoms with Crippen molar-refractivity contribution in [2.45, 2.75) is 27.4 Å². The van der Waals surface area contributed by atoms with Crippen molar-refractivity contribution in [3.05, 3.63) is 83.4 Å². The minimum Gasteiger partial charge on any atom is -0.444 e. The highest BCUT2D eigenvalue weighted by Gasteiger charge is 2.11. The maximum Gasteiger partial charge on any atom is 0.411 e. The van der Waals surface area contributed by atoms with Crippen molar-refractivity contribution in [3.8, 4) is 16.9 Å². The highest BCUT2D eigenvalue weighted by molar-refractivity contribution is 5.86. The van der Waals surface area contributed by atoms with E-state index < -0.39 is 6.09 Å². The quantitative estimate of drug-likeness (QED) is 0.453. The maximum absolute atomic E-state index is 12.1. The smallest absolute Gasteiger partial charge is 0.411 e. The van der Waals surface area contributed by atoms with Crippen LogP contribution in [0.1, 0.15) is 23.6 Å². The van der Waals surface area contributed by atoms with Gasteiger partial charge in [-0.2, -0.15) is 0 Å². The van der Waals surface area contributed by atoms with Gasteiger partial charge in [0, 0.05) is 12.6 Å². The Morgan fingerprint density at radius 3 is 2.24 bits per heavy atom. The number of ether oxygens (including phenoxy) is 2. The zero-order valence-electron chi connectivity index (χ0n) is 16.7. The largest absolute Gasteiger partial charge is 0.444 e. The number of hydrogen-bond acceptors (Lipinski definition) is 4. The van der Waals surface area contributed by atoms with Crippen molar-refractivity contribution >= 4 is 17.7 Å². The van der Waals surface area contributed by atoms with Gasteiger partial charge < -0.3 is 9.47 Å². The average Bonchev–Trinajstić information content (AvgIpc) is 2.66. The zero-order chi connectivity index (χ0) is 20.8. The van der Waals surface area contributed by atoms with E-state index in [1.54, 1.807) is 6.07 Å². The van der Waals surface area contributed by atoms with Crippen molar-refractivity contribution in [1.29, 1.82) is 0 Å². The number of anilines is 1. The molecule has 3 aromatic rings. The molecule has 1 amide bonds. The summed E-state index contributed by atoms with van der Waals surface area (Å²) in [6.07, 6.45) is -0.503. The first-order chi connectivity index (χ1) is 13.9. The summed E-state index contributed by atoms with van der Waals surface area (Å²) in [5, 5.41) is 2.78. The third-order valence-corrected chi connectivity index (χ3v) is 4.38. The lowest BCUT2D eigenvalue weighted by molar-refractivity contribution is -0.131. The first-order valence-electron chi connectivity index (χ1n) is 9.30. The first-order valence-corrected chi connectivity index (χ1v) is 9.30. The SMILES string of the molecule is CC(=O)Oc1cccc(-c2c(C)cc(NC(=O)OCc3ccccc3)cc2C)c1. The van der Waals surface area contributed by atoms with Gasteiger partial charge in [0.25, 0.3) is 0 Å². The van der Waals surface area contributed by atoms with Gasteiger partial charge in [-0.1, -0.05) is 42.5 Å². The lowest BCUT2D eigenvalue weighted by Crippen LogP contribution is -2.13. The molecule has 0 radical (unpaired) electrons. The van der Waals surface area contributed by atoms with E-state index in [1.165, 1.54) is 6.92 Å². The maximum atomic E-state index is 12.1. The molecule has 0 aromatic heterocycles. The van der Waals surface area contributed by atoms with Gasteiger partial charge in [-0.15, -0.1) is 0 Å². The predicted molar refractivity (Wildman–Crippen MR) is 113 cm³/mol. The fourth-order valence-corrected chi connectivity index (χ4v) is 3.25. The minimum absolute atomic E-state index is 0.214. The monoisotopic (exact) mass is 389 g/mol. The molecule has 0 saturated carbocycles. The molecular weight excluding hydrogens is 366 g/mol. The molecule has 0 aliphatic heterocycles. The summed E-state index contributed by atoms with van der Waals surface area (Å²) < 4.78 is 10.5. The summed E-state index contributed by atoms with van der Waals surface area (Å²) in [4.78, 5) is 23.3. The van der Waals surface area contributed by atoms with Crippen LogP contribution >= 0.6 is 0 Å². The van der Waals surface area contributed by atoms with Crippen LogP contribution in [-0.2, 0) is 16.1 Å². The van der Waals surface area contributed by atoms with Crippen molar-refractivity contribution < 1.29 is 19.1 Å². The van der Waals surface area contributed by atoms with E-state index in [0.717, 1.165) is 27.8 Å². The van der Waals surface area contributed by atoms with Gasteiger partial charge in [0.05, 0.1) is 0 Å². The Bertz CT molecular complexity index is 1010. The molecule has 0 unspecified atom stereocenters. The van der Waals surface area contributed by atoms with Crippen LogP contribution in [0, 0.1) is 13.8 Å². The summed E-state index contributed by atoms with van der Waals surface area (Å²) in [5.41, 5.74) is 5.54. The van der Waals surface area contributed by atoms with Gasteiger partial charge in [0.15, 0.2) is 0 Å². The Labute approximate surface area is 170 Å². The number of nitrogens with one attached hydrogen (secondary N) is 1.